The van der Waals surface area contributed by atoms with Crippen LogP contribution in [0.25, 0.3) is 12.2 Å². The van der Waals surface area contributed by atoms with Crippen LogP contribution in [0, 0.1) is 5.82 Å². The largest absolute Gasteiger partial charge is 0.504 e. The van der Waals surface area contributed by atoms with Gasteiger partial charge in [0.05, 0.1) is 5.56 Å². The fourth-order valence-corrected chi connectivity index (χ4v) is 2.93. The topological polar surface area (TPSA) is 40.5 Å². The second-order valence-electron chi connectivity index (χ2n) is 5.81. The lowest BCUT2D eigenvalue weighted by atomic mass is 9.99. The number of fused-ring (bicyclic) bond motifs is 1. The summed E-state index contributed by atoms with van der Waals surface area (Å²) < 4.78 is 13.6. The maximum atomic E-state index is 13.6. The maximum absolute atomic E-state index is 13.6. The van der Waals surface area contributed by atoms with Gasteiger partial charge in [-0.25, -0.2) is 4.39 Å². The summed E-state index contributed by atoms with van der Waals surface area (Å²) in [7, 11) is 2.09. The van der Waals surface area contributed by atoms with E-state index in [-0.39, 0.29) is 5.56 Å². The molecule has 0 aliphatic carbocycles. The average Bonchev–Trinajstić information content (AvgIpc) is 2.56. The molecule has 3 rings (SSSR count). The standard InChI is InChI=1S/C19H18FNO2/c1-21-8-2-3-15-9-13(6-7-18(15)21)4-5-14-10-16(12-22)19(23)17(20)11-14/h4-7,9-12,23H,2-3,8H2,1H3/b5-4+. The first kappa shape index (κ1) is 15.3. The highest BCUT2D eigenvalue weighted by molar-refractivity contribution is 5.82. The van der Waals surface area contributed by atoms with Crippen LogP contribution in [0.5, 0.6) is 5.75 Å². The van der Waals surface area contributed by atoms with Crippen molar-refractivity contribution in [2.75, 3.05) is 18.5 Å². The van der Waals surface area contributed by atoms with E-state index < -0.39 is 11.6 Å². The fourth-order valence-electron chi connectivity index (χ4n) is 2.93. The number of aldehydes is 1. The number of benzene rings is 2. The molecule has 1 heterocycles. The number of aryl methyl sites for hydroxylation is 1. The highest BCUT2D eigenvalue weighted by atomic mass is 19.1. The van der Waals surface area contributed by atoms with E-state index in [1.54, 1.807) is 6.08 Å². The first-order chi connectivity index (χ1) is 11.1. The monoisotopic (exact) mass is 311 g/mol. The van der Waals surface area contributed by atoms with Crippen LogP contribution in [0.4, 0.5) is 10.1 Å². The Morgan fingerprint density at radius 1 is 1.17 bits per heavy atom. The summed E-state index contributed by atoms with van der Waals surface area (Å²) >= 11 is 0. The number of carbonyl (C=O) groups excluding carboxylic acids is 1. The van der Waals surface area contributed by atoms with E-state index >= 15 is 0 Å². The third-order valence-corrected chi connectivity index (χ3v) is 4.16. The molecule has 0 saturated carbocycles. The molecule has 1 aliphatic rings. The molecular weight excluding hydrogens is 293 g/mol. The van der Waals surface area contributed by atoms with E-state index in [1.807, 2.05) is 12.1 Å². The first-order valence-electron chi connectivity index (χ1n) is 7.58. The zero-order chi connectivity index (χ0) is 16.4. The lowest BCUT2D eigenvalue weighted by Gasteiger charge is -2.27. The Morgan fingerprint density at radius 3 is 2.74 bits per heavy atom. The highest BCUT2D eigenvalue weighted by Crippen LogP contribution is 2.28. The number of anilines is 1. The smallest absolute Gasteiger partial charge is 0.166 e. The van der Waals surface area contributed by atoms with Gasteiger partial charge in [-0.1, -0.05) is 18.2 Å². The summed E-state index contributed by atoms with van der Waals surface area (Å²) in [4.78, 5) is 13.1. The zero-order valence-corrected chi connectivity index (χ0v) is 12.9. The number of nitrogens with zero attached hydrogens (tertiary/aromatic N) is 1. The summed E-state index contributed by atoms with van der Waals surface area (Å²) in [5.74, 6) is -1.39. The van der Waals surface area contributed by atoms with E-state index in [9.17, 15) is 14.3 Å². The van der Waals surface area contributed by atoms with Crippen molar-refractivity contribution in [3.63, 3.8) is 0 Å². The van der Waals surface area contributed by atoms with Gasteiger partial charge in [0.25, 0.3) is 0 Å². The van der Waals surface area contributed by atoms with Crippen LogP contribution in [-0.2, 0) is 6.42 Å². The molecule has 0 saturated heterocycles. The van der Waals surface area contributed by atoms with E-state index in [2.05, 4.69) is 24.1 Å². The maximum Gasteiger partial charge on any atom is 0.166 e. The Hall–Kier alpha value is -2.62. The number of aromatic hydroxyl groups is 1. The van der Waals surface area contributed by atoms with Crippen LogP contribution >= 0.6 is 0 Å². The molecule has 1 N–H and O–H groups in total. The van der Waals surface area contributed by atoms with Gasteiger partial charge in [0, 0.05) is 19.3 Å². The van der Waals surface area contributed by atoms with Gasteiger partial charge in [-0.3, -0.25) is 4.79 Å². The van der Waals surface area contributed by atoms with Gasteiger partial charge in [0.15, 0.2) is 17.9 Å². The molecule has 0 bridgehead atoms. The number of phenolic OH excluding ortho intramolecular Hbond substituents is 1. The minimum atomic E-state index is -0.790. The number of hydrogen-bond acceptors (Lipinski definition) is 3. The van der Waals surface area contributed by atoms with Gasteiger partial charge in [0.2, 0.25) is 0 Å². The second-order valence-corrected chi connectivity index (χ2v) is 5.81. The Balaban J connectivity index is 1.89. The third-order valence-electron chi connectivity index (χ3n) is 4.16. The molecule has 0 unspecified atom stereocenters. The van der Waals surface area contributed by atoms with Crippen LogP contribution in [0.1, 0.15) is 33.5 Å². The lowest BCUT2D eigenvalue weighted by molar-refractivity contribution is 0.112. The summed E-state index contributed by atoms with van der Waals surface area (Å²) in [6.45, 7) is 1.07. The molecule has 0 radical (unpaired) electrons. The molecule has 0 spiro atoms. The summed E-state index contributed by atoms with van der Waals surface area (Å²) in [6.07, 6.45) is 6.27. The average molecular weight is 311 g/mol. The molecule has 0 fully saturated rings. The predicted molar refractivity (Wildman–Crippen MR) is 90.4 cm³/mol. The third kappa shape index (κ3) is 3.11. The van der Waals surface area contributed by atoms with Gasteiger partial charge >= 0.3 is 0 Å². The van der Waals surface area contributed by atoms with Gasteiger partial charge < -0.3 is 10.0 Å². The Morgan fingerprint density at radius 2 is 1.96 bits per heavy atom. The van der Waals surface area contributed by atoms with Crippen molar-refractivity contribution in [2.45, 2.75) is 12.8 Å². The van der Waals surface area contributed by atoms with Gasteiger partial charge in [-0.15, -0.1) is 0 Å². The number of hydrogen-bond donors (Lipinski definition) is 1. The molecule has 0 aromatic heterocycles. The highest BCUT2D eigenvalue weighted by Gasteiger charge is 2.13. The Labute approximate surface area is 134 Å². The van der Waals surface area contributed by atoms with E-state index in [0.29, 0.717) is 11.8 Å². The van der Waals surface area contributed by atoms with Crippen LogP contribution < -0.4 is 4.90 Å². The molecule has 118 valence electrons. The van der Waals surface area contributed by atoms with E-state index in [4.69, 9.17) is 0 Å². The first-order valence-corrected chi connectivity index (χ1v) is 7.58. The molecule has 2 aromatic rings. The van der Waals surface area contributed by atoms with Crippen LogP contribution in [0.2, 0.25) is 0 Å². The van der Waals surface area contributed by atoms with Gasteiger partial charge in [-0.2, -0.15) is 0 Å². The molecular formula is C19H18FNO2. The quantitative estimate of drug-likeness (QED) is 0.690. The molecule has 4 heteroatoms. The number of halogens is 1. The summed E-state index contributed by atoms with van der Waals surface area (Å²) in [6, 6.07) is 8.94. The zero-order valence-electron chi connectivity index (χ0n) is 12.9. The second kappa shape index (κ2) is 6.24. The molecule has 23 heavy (non-hydrogen) atoms. The molecule has 0 atom stereocenters. The minimum absolute atomic E-state index is 0.0447. The van der Waals surface area contributed by atoms with Crippen LogP contribution in [0.3, 0.4) is 0 Å². The van der Waals surface area contributed by atoms with Crippen molar-refractivity contribution in [2.24, 2.45) is 0 Å². The van der Waals surface area contributed by atoms with Crippen molar-refractivity contribution >= 4 is 24.1 Å². The van der Waals surface area contributed by atoms with Crippen molar-refractivity contribution in [1.82, 2.24) is 0 Å². The van der Waals surface area contributed by atoms with E-state index in [0.717, 1.165) is 24.9 Å². The number of carbonyl (C=O) groups is 1. The van der Waals surface area contributed by atoms with E-state index in [1.165, 1.54) is 23.4 Å². The number of phenols is 1. The van der Waals surface area contributed by atoms with Crippen molar-refractivity contribution in [3.05, 3.63) is 58.4 Å². The molecule has 0 amide bonds. The SMILES string of the molecule is CN1CCCc2cc(/C=C/c3cc(F)c(O)c(C=O)c3)ccc21. The van der Waals surface area contributed by atoms with Crippen molar-refractivity contribution in [3.8, 4) is 5.75 Å². The Bertz CT molecular complexity index is 783. The van der Waals surface area contributed by atoms with Gasteiger partial charge in [-0.05, 0) is 53.8 Å². The molecule has 2 aromatic carbocycles. The Kier molecular flexibility index (Phi) is 4.15. The lowest BCUT2D eigenvalue weighted by Crippen LogP contribution is -2.24. The van der Waals surface area contributed by atoms with Crippen LogP contribution in [0.15, 0.2) is 30.3 Å². The molecule has 1 aliphatic heterocycles. The summed E-state index contributed by atoms with van der Waals surface area (Å²) in [5.41, 5.74) is 4.09. The summed E-state index contributed by atoms with van der Waals surface area (Å²) in [5, 5.41) is 9.43. The van der Waals surface area contributed by atoms with Crippen molar-refractivity contribution < 1.29 is 14.3 Å². The number of rotatable bonds is 3. The minimum Gasteiger partial charge on any atom is -0.504 e. The normalized spacial score (nSPS) is 14.1. The fraction of sp³-hybridized carbons (Fsp3) is 0.211. The van der Waals surface area contributed by atoms with Gasteiger partial charge in [0.1, 0.15) is 0 Å². The predicted octanol–water partition coefficient (Wildman–Crippen LogP) is 3.90. The van der Waals surface area contributed by atoms with Crippen LogP contribution in [-0.4, -0.2) is 25.0 Å². The van der Waals surface area contributed by atoms with Crippen molar-refractivity contribution in [1.29, 1.82) is 0 Å². The molecule has 3 nitrogen and oxygen atoms in total.